The van der Waals surface area contributed by atoms with Crippen molar-refractivity contribution in [3.05, 3.63) is 35.4 Å². The van der Waals surface area contributed by atoms with E-state index in [2.05, 4.69) is 4.90 Å². The number of alkyl halides is 4. The van der Waals surface area contributed by atoms with Crippen molar-refractivity contribution in [1.82, 2.24) is 4.90 Å². The third-order valence-electron chi connectivity index (χ3n) is 2.60. The van der Waals surface area contributed by atoms with Gasteiger partial charge >= 0.3 is 6.18 Å². The molecule has 0 bridgehead atoms. The molecule has 0 heterocycles. The molecule has 0 N–H and O–H groups in total. The van der Waals surface area contributed by atoms with E-state index < -0.39 is 11.7 Å². The highest BCUT2D eigenvalue weighted by molar-refractivity contribution is 6.18. The first-order chi connectivity index (χ1) is 8.47. The molecule has 1 aromatic rings. The van der Waals surface area contributed by atoms with Crippen LogP contribution < -0.4 is 0 Å². The molecule has 0 amide bonds. The molecule has 0 saturated carbocycles. The Kier molecular flexibility index (Phi) is 5.96. The van der Waals surface area contributed by atoms with Crippen molar-refractivity contribution < 1.29 is 13.2 Å². The minimum absolute atomic E-state index is 0.485. The lowest BCUT2D eigenvalue weighted by Crippen LogP contribution is -2.26. The quantitative estimate of drug-likeness (QED) is 0.707. The Balaban J connectivity index is 2.77. The number of benzene rings is 1. The smallest absolute Gasteiger partial charge is 0.298 e. The highest BCUT2D eigenvalue weighted by Gasteiger charge is 2.30. The van der Waals surface area contributed by atoms with Crippen LogP contribution in [-0.2, 0) is 12.7 Å². The first-order valence-electron chi connectivity index (χ1n) is 5.91. The molecule has 0 spiro atoms. The second-order valence-corrected chi connectivity index (χ2v) is 4.54. The normalized spacial score (nSPS) is 12.1. The molecule has 1 aromatic carbocycles. The molecule has 1 rings (SSSR count). The van der Waals surface area contributed by atoms with Crippen LogP contribution in [-0.4, -0.2) is 23.9 Å². The van der Waals surface area contributed by atoms with E-state index in [0.717, 1.165) is 19.0 Å². The van der Waals surface area contributed by atoms with Crippen molar-refractivity contribution in [1.29, 1.82) is 0 Å². The Labute approximate surface area is 111 Å². The maximum Gasteiger partial charge on any atom is 0.416 e. The molecular formula is C13H17ClF3N. The van der Waals surface area contributed by atoms with Gasteiger partial charge in [0.1, 0.15) is 0 Å². The highest BCUT2D eigenvalue weighted by Crippen LogP contribution is 2.29. The van der Waals surface area contributed by atoms with E-state index >= 15 is 0 Å². The molecule has 0 aliphatic carbocycles. The van der Waals surface area contributed by atoms with Crippen LogP contribution in [0.5, 0.6) is 0 Å². The SMILES string of the molecule is CCCN(CCCl)Cc1cccc(C(F)(F)F)c1. The van der Waals surface area contributed by atoms with Gasteiger partial charge in [0.2, 0.25) is 0 Å². The maximum absolute atomic E-state index is 12.6. The van der Waals surface area contributed by atoms with E-state index in [-0.39, 0.29) is 0 Å². The Morgan fingerprint density at radius 1 is 1.22 bits per heavy atom. The summed E-state index contributed by atoms with van der Waals surface area (Å²) >= 11 is 5.68. The lowest BCUT2D eigenvalue weighted by Gasteiger charge is -2.21. The van der Waals surface area contributed by atoms with Gasteiger partial charge in [0.15, 0.2) is 0 Å². The van der Waals surface area contributed by atoms with E-state index in [9.17, 15) is 13.2 Å². The number of hydrogen-bond acceptors (Lipinski definition) is 1. The summed E-state index contributed by atoms with van der Waals surface area (Å²) in [6.45, 7) is 4.06. The van der Waals surface area contributed by atoms with Crippen molar-refractivity contribution in [2.45, 2.75) is 26.1 Å². The summed E-state index contributed by atoms with van der Waals surface area (Å²) in [4.78, 5) is 2.06. The van der Waals surface area contributed by atoms with Crippen molar-refractivity contribution in [3.8, 4) is 0 Å². The molecule has 0 aliphatic rings. The van der Waals surface area contributed by atoms with Crippen LogP contribution in [0.3, 0.4) is 0 Å². The molecule has 0 radical (unpaired) electrons. The molecule has 0 fully saturated rings. The Hall–Kier alpha value is -0.740. The number of nitrogens with zero attached hydrogens (tertiary/aromatic N) is 1. The zero-order valence-electron chi connectivity index (χ0n) is 10.3. The molecule has 0 unspecified atom stereocenters. The van der Waals surface area contributed by atoms with Crippen molar-refractivity contribution in [3.63, 3.8) is 0 Å². The van der Waals surface area contributed by atoms with E-state index in [1.165, 1.54) is 12.1 Å². The fourth-order valence-corrected chi connectivity index (χ4v) is 2.05. The van der Waals surface area contributed by atoms with Crippen molar-refractivity contribution in [2.24, 2.45) is 0 Å². The molecule has 0 saturated heterocycles. The predicted octanol–water partition coefficient (Wildman–Crippen LogP) is 4.16. The Morgan fingerprint density at radius 2 is 1.94 bits per heavy atom. The van der Waals surface area contributed by atoms with Crippen LogP contribution in [0, 0.1) is 0 Å². The van der Waals surface area contributed by atoms with Crippen molar-refractivity contribution >= 4 is 11.6 Å². The molecule has 0 aliphatic heterocycles. The fourth-order valence-electron chi connectivity index (χ4n) is 1.81. The summed E-state index contributed by atoms with van der Waals surface area (Å²) in [6.07, 6.45) is -3.33. The standard InChI is InChI=1S/C13H17ClF3N/c1-2-7-18(8-6-14)10-11-4-3-5-12(9-11)13(15,16)17/h3-5,9H,2,6-8,10H2,1H3. The summed E-state index contributed by atoms with van der Waals surface area (Å²) in [5.74, 6) is 0.485. The van der Waals surface area contributed by atoms with Crippen molar-refractivity contribution in [2.75, 3.05) is 19.0 Å². The lowest BCUT2D eigenvalue weighted by molar-refractivity contribution is -0.137. The van der Waals surface area contributed by atoms with Gasteiger partial charge in [-0.2, -0.15) is 13.2 Å². The van der Waals surface area contributed by atoms with Gasteiger partial charge in [-0.05, 0) is 24.6 Å². The summed E-state index contributed by atoms with van der Waals surface area (Å²) in [7, 11) is 0. The molecule has 18 heavy (non-hydrogen) atoms. The maximum atomic E-state index is 12.6. The first-order valence-corrected chi connectivity index (χ1v) is 6.45. The minimum atomic E-state index is -4.28. The monoisotopic (exact) mass is 279 g/mol. The van der Waals surface area contributed by atoms with E-state index in [4.69, 9.17) is 11.6 Å². The van der Waals surface area contributed by atoms with Crippen LogP contribution in [0.25, 0.3) is 0 Å². The van der Waals surface area contributed by atoms with Gasteiger partial charge in [0.25, 0.3) is 0 Å². The van der Waals surface area contributed by atoms with Gasteiger partial charge in [0.05, 0.1) is 5.56 Å². The summed E-state index contributed by atoms with van der Waals surface area (Å²) < 4.78 is 37.7. The Morgan fingerprint density at radius 3 is 2.50 bits per heavy atom. The molecule has 0 aromatic heterocycles. The van der Waals surface area contributed by atoms with E-state index in [0.29, 0.717) is 24.5 Å². The van der Waals surface area contributed by atoms with Crippen LogP contribution in [0.15, 0.2) is 24.3 Å². The lowest BCUT2D eigenvalue weighted by atomic mass is 10.1. The van der Waals surface area contributed by atoms with Gasteiger partial charge in [-0.15, -0.1) is 11.6 Å². The third-order valence-corrected chi connectivity index (χ3v) is 2.77. The summed E-state index contributed by atoms with van der Waals surface area (Å²) in [6, 6.07) is 5.46. The third kappa shape index (κ3) is 4.86. The second kappa shape index (κ2) is 7.00. The molecule has 0 atom stereocenters. The van der Waals surface area contributed by atoms with Gasteiger partial charge < -0.3 is 0 Å². The van der Waals surface area contributed by atoms with Gasteiger partial charge in [-0.3, -0.25) is 4.90 Å². The van der Waals surface area contributed by atoms with Gasteiger partial charge in [-0.1, -0.05) is 25.1 Å². The highest BCUT2D eigenvalue weighted by atomic mass is 35.5. The number of hydrogen-bond donors (Lipinski definition) is 0. The van der Waals surface area contributed by atoms with Crippen LogP contribution in [0.1, 0.15) is 24.5 Å². The largest absolute Gasteiger partial charge is 0.416 e. The van der Waals surface area contributed by atoms with Gasteiger partial charge in [-0.25, -0.2) is 0 Å². The number of halogens is 4. The zero-order valence-corrected chi connectivity index (χ0v) is 11.1. The fraction of sp³-hybridized carbons (Fsp3) is 0.538. The summed E-state index contributed by atoms with van der Waals surface area (Å²) in [5, 5.41) is 0. The Bertz CT molecular complexity index is 359. The topological polar surface area (TPSA) is 3.24 Å². The average Bonchev–Trinajstić information content (AvgIpc) is 2.29. The molecular weight excluding hydrogens is 263 g/mol. The van der Waals surface area contributed by atoms with E-state index in [1.54, 1.807) is 6.07 Å². The predicted molar refractivity (Wildman–Crippen MR) is 67.7 cm³/mol. The zero-order chi connectivity index (χ0) is 13.6. The van der Waals surface area contributed by atoms with Gasteiger partial charge in [0, 0.05) is 19.0 Å². The molecule has 5 heteroatoms. The second-order valence-electron chi connectivity index (χ2n) is 4.16. The average molecular weight is 280 g/mol. The van der Waals surface area contributed by atoms with Crippen LogP contribution >= 0.6 is 11.6 Å². The van der Waals surface area contributed by atoms with E-state index in [1.807, 2.05) is 6.92 Å². The summed E-state index contributed by atoms with van der Waals surface area (Å²) in [5.41, 5.74) is 0.0747. The van der Waals surface area contributed by atoms with Crippen LogP contribution in [0.4, 0.5) is 13.2 Å². The molecule has 1 nitrogen and oxygen atoms in total. The number of rotatable bonds is 6. The minimum Gasteiger partial charge on any atom is -0.298 e. The first kappa shape index (κ1) is 15.3. The van der Waals surface area contributed by atoms with Crippen LogP contribution in [0.2, 0.25) is 0 Å². The molecule has 102 valence electrons.